The van der Waals surface area contributed by atoms with Crippen LogP contribution in [0.4, 0.5) is 0 Å². The van der Waals surface area contributed by atoms with Crippen molar-refractivity contribution >= 4 is 39.9 Å². The highest BCUT2D eigenvalue weighted by molar-refractivity contribution is 8.00. The molecule has 0 aliphatic carbocycles. The van der Waals surface area contributed by atoms with E-state index < -0.39 is 0 Å². The Hall–Kier alpha value is -1.92. The van der Waals surface area contributed by atoms with E-state index in [9.17, 15) is 4.79 Å². The lowest BCUT2D eigenvalue weighted by atomic mass is 10.2. The summed E-state index contributed by atoms with van der Waals surface area (Å²) in [6, 6.07) is 12.0. The molecule has 3 aromatic rings. The van der Waals surface area contributed by atoms with E-state index >= 15 is 0 Å². The maximum Gasteiger partial charge on any atom is 0.233 e. The number of thioether (sulfide) groups is 1. The van der Waals surface area contributed by atoms with E-state index in [1.54, 1.807) is 11.3 Å². The van der Waals surface area contributed by atoms with Gasteiger partial charge >= 0.3 is 0 Å². The minimum Gasteiger partial charge on any atom is -0.355 e. The van der Waals surface area contributed by atoms with Gasteiger partial charge in [-0.25, -0.2) is 9.97 Å². The first-order chi connectivity index (χ1) is 12.0. The molecule has 1 aromatic carbocycles. The van der Waals surface area contributed by atoms with Crippen LogP contribution in [0.15, 0.2) is 46.8 Å². The highest BCUT2D eigenvalue weighted by Gasteiger charge is 2.18. The highest BCUT2D eigenvalue weighted by Crippen LogP contribution is 2.32. The first kappa shape index (κ1) is 17.9. The summed E-state index contributed by atoms with van der Waals surface area (Å²) in [6.07, 6.45) is 0. The van der Waals surface area contributed by atoms with Gasteiger partial charge in [0.1, 0.15) is 5.03 Å². The molecule has 0 spiro atoms. The zero-order valence-electron chi connectivity index (χ0n) is 14.5. The molecule has 6 heteroatoms. The molecule has 0 saturated heterocycles. The number of nitrogens with one attached hydrogen (secondary N) is 1. The Labute approximate surface area is 156 Å². The molecule has 130 valence electrons. The number of nitrogens with zero attached hydrogens (tertiary/aromatic N) is 2. The van der Waals surface area contributed by atoms with E-state index in [1.807, 2.05) is 48.7 Å². The molecular formula is C19H21N3OS2. The monoisotopic (exact) mass is 371 g/mol. The molecular weight excluding hydrogens is 350 g/mol. The van der Waals surface area contributed by atoms with Crippen molar-refractivity contribution in [3.8, 4) is 10.7 Å². The van der Waals surface area contributed by atoms with Crippen molar-refractivity contribution in [1.29, 1.82) is 0 Å². The van der Waals surface area contributed by atoms with Crippen molar-refractivity contribution in [1.82, 2.24) is 15.3 Å². The zero-order valence-corrected chi connectivity index (χ0v) is 16.2. The lowest BCUT2D eigenvalue weighted by molar-refractivity contribution is -0.120. The quantitative estimate of drug-likeness (QED) is 0.508. The third-order valence-corrected chi connectivity index (χ3v) is 5.62. The Bertz CT molecular complexity index is 862. The number of thiophene rings is 1. The van der Waals surface area contributed by atoms with Crippen molar-refractivity contribution < 1.29 is 4.79 Å². The van der Waals surface area contributed by atoms with Gasteiger partial charge in [0.05, 0.1) is 15.6 Å². The smallest absolute Gasteiger partial charge is 0.233 e. The maximum atomic E-state index is 12.3. The van der Waals surface area contributed by atoms with Crippen LogP contribution in [0.3, 0.4) is 0 Å². The molecule has 3 rings (SSSR count). The third-order valence-electron chi connectivity index (χ3n) is 3.65. The van der Waals surface area contributed by atoms with E-state index in [1.165, 1.54) is 11.8 Å². The van der Waals surface area contributed by atoms with Crippen LogP contribution < -0.4 is 5.32 Å². The van der Waals surface area contributed by atoms with Crippen LogP contribution in [-0.2, 0) is 4.79 Å². The standard InChI is InChI=1S/C19H21N3OS2/c1-12(2)11-20-18(23)13(3)25-19-14-7-4-5-8-15(14)21-17(22-19)16-9-6-10-24-16/h4-10,12-13H,11H2,1-3H3,(H,20,23)/t13-/m1/s1. The molecule has 0 bridgehead atoms. The minimum absolute atomic E-state index is 0.0408. The Kier molecular flexibility index (Phi) is 5.71. The van der Waals surface area contributed by atoms with Crippen molar-refractivity contribution in [3.05, 3.63) is 41.8 Å². The number of benzene rings is 1. The van der Waals surface area contributed by atoms with Crippen LogP contribution in [0.2, 0.25) is 0 Å². The van der Waals surface area contributed by atoms with Crippen LogP contribution in [0.25, 0.3) is 21.6 Å². The van der Waals surface area contributed by atoms with Crippen LogP contribution in [0.5, 0.6) is 0 Å². The summed E-state index contributed by atoms with van der Waals surface area (Å²) in [4.78, 5) is 22.8. The zero-order chi connectivity index (χ0) is 17.8. The van der Waals surface area contributed by atoms with E-state index in [2.05, 4.69) is 24.1 Å². The highest BCUT2D eigenvalue weighted by atomic mass is 32.2. The first-order valence-electron chi connectivity index (χ1n) is 8.29. The number of hydrogen-bond acceptors (Lipinski definition) is 5. The molecule has 0 fully saturated rings. The molecule has 0 unspecified atom stereocenters. The number of carbonyl (C=O) groups is 1. The lowest BCUT2D eigenvalue weighted by Crippen LogP contribution is -2.33. The van der Waals surface area contributed by atoms with Gasteiger partial charge in [0.2, 0.25) is 5.91 Å². The number of hydrogen-bond donors (Lipinski definition) is 1. The van der Waals surface area contributed by atoms with Gasteiger partial charge in [0, 0.05) is 11.9 Å². The van der Waals surface area contributed by atoms with Crippen molar-refractivity contribution in [2.75, 3.05) is 6.54 Å². The number of para-hydroxylation sites is 1. The molecule has 2 heterocycles. The normalized spacial score (nSPS) is 12.5. The number of fused-ring (bicyclic) bond motifs is 1. The van der Waals surface area contributed by atoms with Gasteiger partial charge in [0.25, 0.3) is 0 Å². The molecule has 1 amide bonds. The van der Waals surface area contributed by atoms with Gasteiger partial charge in [-0.1, -0.05) is 49.9 Å². The molecule has 0 saturated carbocycles. The van der Waals surface area contributed by atoms with Gasteiger partial charge in [-0.2, -0.15) is 0 Å². The van der Waals surface area contributed by atoms with Gasteiger partial charge in [-0.15, -0.1) is 11.3 Å². The van der Waals surface area contributed by atoms with Crippen molar-refractivity contribution in [3.63, 3.8) is 0 Å². The average molecular weight is 372 g/mol. The average Bonchev–Trinajstić information content (AvgIpc) is 3.14. The third kappa shape index (κ3) is 4.38. The summed E-state index contributed by atoms with van der Waals surface area (Å²) in [5, 5.41) is 6.62. The van der Waals surface area contributed by atoms with Gasteiger partial charge in [-0.05, 0) is 30.4 Å². The number of carbonyl (C=O) groups excluding carboxylic acids is 1. The van der Waals surface area contributed by atoms with Crippen LogP contribution >= 0.6 is 23.1 Å². The minimum atomic E-state index is -0.215. The largest absolute Gasteiger partial charge is 0.355 e. The van der Waals surface area contributed by atoms with E-state index in [-0.39, 0.29) is 11.2 Å². The van der Waals surface area contributed by atoms with E-state index in [0.717, 1.165) is 20.8 Å². The molecule has 2 aromatic heterocycles. The summed E-state index contributed by atoms with van der Waals surface area (Å²) in [5.41, 5.74) is 0.901. The topological polar surface area (TPSA) is 54.9 Å². The molecule has 0 aliphatic rings. The summed E-state index contributed by atoms with van der Waals surface area (Å²) in [7, 11) is 0. The summed E-state index contributed by atoms with van der Waals surface area (Å²) in [6.45, 7) is 6.78. The summed E-state index contributed by atoms with van der Waals surface area (Å²) < 4.78 is 0. The fraction of sp³-hybridized carbons (Fsp3) is 0.316. The fourth-order valence-corrected chi connectivity index (χ4v) is 3.94. The lowest BCUT2D eigenvalue weighted by Gasteiger charge is -2.14. The van der Waals surface area contributed by atoms with Crippen LogP contribution in [0.1, 0.15) is 20.8 Å². The SMILES string of the molecule is CC(C)CNC(=O)[C@@H](C)Sc1nc(-c2cccs2)nc2ccccc12. The van der Waals surface area contributed by atoms with Gasteiger partial charge in [0.15, 0.2) is 5.82 Å². The van der Waals surface area contributed by atoms with Crippen molar-refractivity contribution in [2.45, 2.75) is 31.0 Å². The molecule has 25 heavy (non-hydrogen) atoms. The summed E-state index contributed by atoms with van der Waals surface area (Å²) in [5.74, 6) is 1.19. The molecule has 1 atom stereocenters. The summed E-state index contributed by atoms with van der Waals surface area (Å²) >= 11 is 3.10. The van der Waals surface area contributed by atoms with Gasteiger partial charge < -0.3 is 5.32 Å². The fourth-order valence-electron chi connectivity index (χ4n) is 2.32. The second kappa shape index (κ2) is 7.97. The number of amides is 1. The Morgan fingerprint density at radius 1 is 1.16 bits per heavy atom. The Morgan fingerprint density at radius 2 is 1.96 bits per heavy atom. The van der Waals surface area contributed by atoms with E-state index in [0.29, 0.717) is 18.3 Å². The first-order valence-corrected chi connectivity index (χ1v) is 10.1. The predicted octanol–water partition coefficient (Wildman–Crippen LogP) is 4.61. The molecule has 0 aliphatic heterocycles. The molecule has 0 radical (unpaired) electrons. The second-order valence-electron chi connectivity index (χ2n) is 6.25. The van der Waals surface area contributed by atoms with Gasteiger partial charge in [-0.3, -0.25) is 4.79 Å². The molecule has 1 N–H and O–H groups in total. The second-order valence-corrected chi connectivity index (χ2v) is 8.52. The maximum absolute atomic E-state index is 12.3. The predicted molar refractivity (Wildman–Crippen MR) is 106 cm³/mol. The van der Waals surface area contributed by atoms with Crippen molar-refractivity contribution in [2.24, 2.45) is 5.92 Å². The number of aromatic nitrogens is 2. The Morgan fingerprint density at radius 3 is 2.68 bits per heavy atom. The van der Waals surface area contributed by atoms with Crippen LogP contribution in [-0.4, -0.2) is 27.7 Å². The number of rotatable bonds is 6. The molecule has 4 nitrogen and oxygen atoms in total. The van der Waals surface area contributed by atoms with E-state index in [4.69, 9.17) is 4.98 Å². The Balaban J connectivity index is 1.90. The van der Waals surface area contributed by atoms with Crippen LogP contribution in [0, 0.1) is 5.92 Å².